The van der Waals surface area contributed by atoms with Crippen LogP contribution in [0.15, 0.2) is 18.2 Å². The third kappa shape index (κ3) is 1.63. The highest BCUT2D eigenvalue weighted by atomic mass is 19.1. The van der Waals surface area contributed by atoms with E-state index in [2.05, 4.69) is 0 Å². The van der Waals surface area contributed by atoms with Gasteiger partial charge in [0.05, 0.1) is 5.56 Å². The van der Waals surface area contributed by atoms with Gasteiger partial charge in [0.25, 0.3) is 0 Å². The number of benzene rings is 1. The molecule has 1 aromatic rings. The first-order valence-corrected chi connectivity index (χ1v) is 4.58. The van der Waals surface area contributed by atoms with Crippen LogP contribution < -0.4 is 0 Å². The molecule has 0 fully saturated rings. The second-order valence-electron chi connectivity index (χ2n) is 3.44. The topological polar surface area (TPSA) is 43.4 Å². The maximum atomic E-state index is 13.3. The molecule has 1 atom stereocenters. The van der Waals surface area contributed by atoms with Gasteiger partial charge in [0.15, 0.2) is 6.10 Å². The molecule has 4 heteroatoms. The van der Waals surface area contributed by atoms with Crippen molar-refractivity contribution in [2.24, 2.45) is 0 Å². The van der Waals surface area contributed by atoms with Gasteiger partial charge >= 0.3 is 5.97 Å². The van der Waals surface area contributed by atoms with Crippen LogP contribution in [0.4, 0.5) is 4.39 Å². The van der Waals surface area contributed by atoms with Crippen LogP contribution in [0.3, 0.4) is 0 Å². The summed E-state index contributed by atoms with van der Waals surface area (Å²) < 4.78 is 18.1. The number of ether oxygens (including phenoxy) is 1. The van der Waals surface area contributed by atoms with Crippen molar-refractivity contribution in [2.45, 2.75) is 19.4 Å². The van der Waals surface area contributed by atoms with Gasteiger partial charge in [-0.05, 0) is 11.6 Å². The largest absolute Gasteiger partial charge is 0.454 e. The Morgan fingerprint density at radius 2 is 2.27 bits per heavy atom. The van der Waals surface area contributed by atoms with Gasteiger partial charge in [-0.3, -0.25) is 9.59 Å². The highest BCUT2D eigenvalue weighted by Gasteiger charge is 2.34. The first kappa shape index (κ1) is 9.83. The number of esters is 1. The van der Waals surface area contributed by atoms with Crippen molar-refractivity contribution >= 4 is 11.8 Å². The van der Waals surface area contributed by atoms with E-state index >= 15 is 0 Å². The fourth-order valence-electron chi connectivity index (χ4n) is 1.76. The molecule has 0 saturated carbocycles. The molecule has 0 bridgehead atoms. The predicted octanol–water partition coefficient (Wildman–Crippen LogP) is 1.50. The van der Waals surface area contributed by atoms with Gasteiger partial charge in [0.2, 0.25) is 5.78 Å². The van der Waals surface area contributed by atoms with Crippen LogP contribution in [0, 0.1) is 5.82 Å². The third-order valence-corrected chi connectivity index (χ3v) is 2.35. The Morgan fingerprint density at radius 3 is 2.87 bits per heavy atom. The molecule has 1 unspecified atom stereocenters. The van der Waals surface area contributed by atoms with E-state index in [1.807, 2.05) is 0 Å². The molecular weight excluding hydrogens is 199 g/mol. The van der Waals surface area contributed by atoms with Gasteiger partial charge in [-0.2, -0.15) is 0 Å². The van der Waals surface area contributed by atoms with Gasteiger partial charge in [-0.1, -0.05) is 12.1 Å². The maximum Gasteiger partial charge on any atom is 0.303 e. The predicted molar refractivity (Wildman–Crippen MR) is 50.0 cm³/mol. The van der Waals surface area contributed by atoms with Crippen molar-refractivity contribution < 1.29 is 18.7 Å². The molecule has 1 aliphatic rings. The molecule has 78 valence electrons. The minimum atomic E-state index is -0.852. The molecule has 15 heavy (non-hydrogen) atoms. The molecule has 0 N–H and O–H groups in total. The third-order valence-electron chi connectivity index (χ3n) is 2.35. The number of carbonyl (C=O) groups excluding carboxylic acids is 2. The molecule has 1 aromatic carbocycles. The SMILES string of the molecule is CC(=O)OC1Cc2cccc(F)c2C1=O. The van der Waals surface area contributed by atoms with E-state index in [0.717, 1.165) is 0 Å². The van der Waals surface area contributed by atoms with Crippen LogP contribution in [0.5, 0.6) is 0 Å². The first-order chi connectivity index (χ1) is 7.09. The minimum absolute atomic E-state index is 0.0590. The van der Waals surface area contributed by atoms with Crippen molar-refractivity contribution in [1.82, 2.24) is 0 Å². The van der Waals surface area contributed by atoms with E-state index in [-0.39, 0.29) is 12.0 Å². The summed E-state index contributed by atoms with van der Waals surface area (Å²) in [5, 5.41) is 0. The van der Waals surface area contributed by atoms with Crippen LogP contribution in [0.1, 0.15) is 22.8 Å². The summed E-state index contributed by atoms with van der Waals surface area (Å²) in [6.45, 7) is 1.23. The molecule has 0 spiro atoms. The van der Waals surface area contributed by atoms with Crippen LogP contribution >= 0.6 is 0 Å². The summed E-state index contributed by atoms with van der Waals surface area (Å²) in [4.78, 5) is 22.3. The summed E-state index contributed by atoms with van der Waals surface area (Å²) in [6.07, 6.45) is -0.583. The Labute approximate surface area is 85.9 Å². The number of halogens is 1. The van der Waals surface area contributed by atoms with Crippen LogP contribution in [-0.2, 0) is 16.0 Å². The molecule has 1 aliphatic carbocycles. The Hall–Kier alpha value is -1.71. The second kappa shape index (κ2) is 3.46. The number of rotatable bonds is 1. The Bertz CT molecular complexity index is 439. The van der Waals surface area contributed by atoms with E-state index in [9.17, 15) is 14.0 Å². The van der Waals surface area contributed by atoms with Gasteiger partial charge in [-0.25, -0.2) is 4.39 Å². The summed E-state index contributed by atoms with van der Waals surface area (Å²) in [5.41, 5.74) is 0.662. The van der Waals surface area contributed by atoms with Crippen LogP contribution in [0.25, 0.3) is 0 Å². The van der Waals surface area contributed by atoms with Crippen molar-refractivity contribution in [1.29, 1.82) is 0 Å². The van der Waals surface area contributed by atoms with Gasteiger partial charge in [0.1, 0.15) is 5.82 Å². The van der Waals surface area contributed by atoms with Crippen LogP contribution in [0.2, 0.25) is 0 Å². The Kier molecular flexibility index (Phi) is 2.26. The number of hydrogen-bond acceptors (Lipinski definition) is 3. The van der Waals surface area contributed by atoms with Gasteiger partial charge < -0.3 is 4.74 Å². The average Bonchev–Trinajstić information content (AvgIpc) is 2.44. The average molecular weight is 208 g/mol. The molecule has 3 nitrogen and oxygen atoms in total. The fraction of sp³-hybridized carbons (Fsp3) is 0.273. The van der Waals surface area contributed by atoms with Crippen LogP contribution in [-0.4, -0.2) is 17.9 Å². The fourth-order valence-corrected chi connectivity index (χ4v) is 1.76. The monoisotopic (exact) mass is 208 g/mol. The molecular formula is C11H9FO3. The zero-order chi connectivity index (χ0) is 11.0. The summed E-state index contributed by atoms with van der Waals surface area (Å²) >= 11 is 0. The lowest BCUT2D eigenvalue weighted by Crippen LogP contribution is -2.22. The molecule has 0 amide bonds. The zero-order valence-electron chi connectivity index (χ0n) is 8.12. The Balaban J connectivity index is 2.34. The number of hydrogen-bond donors (Lipinski definition) is 0. The molecule has 2 rings (SSSR count). The number of fused-ring (bicyclic) bond motifs is 1. The number of carbonyl (C=O) groups is 2. The number of Topliss-reactive ketones (excluding diaryl/α,β-unsaturated/α-hetero) is 1. The normalized spacial score (nSPS) is 18.8. The van der Waals surface area contributed by atoms with Crippen molar-refractivity contribution in [3.05, 3.63) is 35.1 Å². The second-order valence-corrected chi connectivity index (χ2v) is 3.44. The minimum Gasteiger partial charge on any atom is -0.454 e. The maximum absolute atomic E-state index is 13.3. The quantitative estimate of drug-likeness (QED) is 0.657. The lowest BCUT2D eigenvalue weighted by Gasteiger charge is -2.06. The summed E-state index contributed by atoms with van der Waals surface area (Å²) in [6, 6.07) is 4.43. The van der Waals surface area contributed by atoms with E-state index in [4.69, 9.17) is 4.74 Å². The standard InChI is InChI=1S/C11H9FO3/c1-6(13)15-9-5-7-3-2-4-8(12)10(7)11(9)14/h2-4,9H,5H2,1H3. The van der Waals surface area contributed by atoms with Crippen molar-refractivity contribution in [2.75, 3.05) is 0 Å². The van der Waals surface area contributed by atoms with Gasteiger partial charge in [0, 0.05) is 13.3 Å². The van der Waals surface area contributed by atoms with E-state index in [1.165, 1.54) is 19.1 Å². The molecule has 0 heterocycles. The number of ketones is 1. The Morgan fingerprint density at radius 1 is 1.53 bits per heavy atom. The van der Waals surface area contributed by atoms with E-state index < -0.39 is 23.7 Å². The van der Waals surface area contributed by atoms with Crippen molar-refractivity contribution in [3.8, 4) is 0 Å². The smallest absolute Gasteiger partial charge is 0.303 e. The lowest BCUT2D eigenvalue weighted by molar-refractivity contribution is -0.144. The summed E-state index contributed by atoms with van der Waals surface area (Å²) in [7, 11) is 0. The molecule has 0 radical (unpaired) electrons. The van der Waals surface area contributed by atoms with Crippen molar-refractivity contribution in [3.63, 3.8) is 0 Å². The van der Waals surface area contributed by atoms with E-state index in [1.54, 1.807) is 6.07 Å². The molecule has 0 saturated heterocycles. The molecule has 0 aliphatic heterocycles. The van der Waals surface area contributed by atoms with E-state index in [0.29, 0.717) is 5.56 Å². The highest BCUT2D eigenvalue weighted by molar-refractivity contribution is 6.04. The first-order valence-electron chi connectivity index (χ1n) is 4.58. The highest BCUT2D eigenvalue weighted by Crippen LogP contribution is 2.26. The zero-order valence-corrected chi connectivity index (χ0v) is 8.12. The van der Waals surface area contributed by atoms with Gasteiger partial charge in [-0.15, -0.1) is 0 Å². The molecule has 0 aromatic heterocycles. The lowest BCUT2D eigenvalue weighted by atomic mass is 10.1. The summed E-state index contributed by atoms with van der Waals surface area (Å²) in [5.74, 6) is -1.52.